The predicted octanol–water partition coefficient (Wildman–Crippen LogP) is 1.79. The molecule has 0 radical (unpaired) electrons. The van der Waals surface area contributed by atoms with Gasteiger partial charge in [0.05, 0.1) is 0 Å². The Morgan fingerprint density at radius 1 is 1.23 bits per heavy atom. The molecule has 22 heavy (non-hydrogen) atoms. The van der Waals surface area contributed by atoms with Crippen molar-refractivity contribution in [3.8, 4) is 0 Å². The zero-order valence-electron chi connectivity index (χ0n) is 11.8. The maximum absolute atomic E-state index is 11.7. The first-order chi connectivity index (χ1) is 10.4. The number of alkyl carbamates (subject to hydrolysis) is 1. The molecule has 118 valence electrons. The van der Waals surface area contributed by atoms with Crippen molar-refractivity contribution in [2.24, 2.45) is 0 Å². The summed E-state index contributed by atoms with van der Waals surface area (Å²) in [6.45, 7) is 3.33. The van der Waals surface area contributed by atoms with E-state index in [1.165, 1.54) is 0 Å². The van der Waals surface area contributed by atoms with E-state index in [4.69, 9.17) is 9.84 Å². The van der Waals surface area contributed by atoms with Gasteiger partial charge in [-0.1, -0.05) is 36.4 Å². The Balaban J connectivity index is 2.68. The van der Waals surface area contributed by atoms with Gasteiger partial charge >= 0.3 is 18.0 Å². The standard InChI is InChI=1S/C15H17NO6/c1-2-15(13(19)20,9-8-12(17)18)16-14(21)22-10-11-6-4-3-5-7-11/h2-7H,1,8-10H2,(H,16,21)(H,17,18)(H,19,20). The van der Waals surface area contributed by atoms with Crippen LogP contribution < -0.4 is 5.32 Å². The van der Waals surface area contributed by atoms with Crippen LogP contribution in [0.3, 0.4) is 0 Å². The van der Waals surface area contributed by atoms with Gasteiger partial charge in [0.25, 0.3) is 0 Å². The molecule has 0 aliphatic heterocycles. The van der Waals surface area contributed by atoms with Gasteiger partial charge in [-0.3, -0.25) is 4.79 Å². The monoisotopic (exact) mass is 307 g/mol. The van der Waals surface area contributed by atoms with Crippen molar-refractivity contribution in [3.05, 3.63) is 48.6 Å². The van der Waals surface area contributed by atoms with Crippen molar-refractivity contribution in [1.29, 1.82) is 0 Å². The average Bonchev–Trinajstić information content (AvgIpc) is 2.50. The van der Waals surface area contributed by atoms with Gasteiger partial charge in [0.15, 0.2) is 5.54 Å². The number of amides is 1. The van der Waals surface area contributed by atoms with Crippen molar-refractivity contribution in [2.45, 2.75) is 25.0 Å². The Bertz CT molecular complexity index is 556. The number of aliphatic carboxylic acids is 2. The molecular weight excluding hydrogens is 290 g/mol. The molecule has 0 bridgehead atoms. The molecular formula is C15H17NO6. The first-order valence-corrected chi connectivity index (χ1v) is 6.47. The molecule has 3 N–H and O–H groups in total. The predicted molar refractivity (Wildman–Crippen MR) is 77.2 cm³/mol. The third-order valence-electron chi connectivity index (χ3n) is 3.00. The summed E-state index contributed by atoms with van der Waals surface area (Å²) in [4.78, 5) is 33.7. The quantitative estimate of drug-likeness (QED) is 0.631. The minimum Gasteiger partial charge on any atom is -0.481 e. The molecule has 1 atom stereocenters. The lowest BCUT2D eigenvalue weighted by Crippen LogP contribution is -2.53. The smallest absolute Gasteiger partial charge is 0.408 e. The minimum atomic E-state index is -1.88. The van der Waals surface area contributed by atoms with Crippen LogP contribution in [0.1, 0.15) is 18.4 Å². The van der Waals surface area contributed by atoms with Gasteiger partial charge < -0.3 is 20.3 Å². The van der Waals surface area contributed by atoms with E-state index in [1.807, 2.05) is 6.07 Å². The summed E-state index contributed by atoms with van der Waals surface area (Å²) in [6.07, 6.45) is -0.738. The van der Waals surface area contributed by atoms with Gasteiger partial charge in [0.2, 0.25) is 0 Å². The fourth-order valence-corrected chi connectivity index (χ4v) is 1.71. The molecule has 0 heterocycles. The summed E-state index contributed by atoms with van der Waals surface area (Å²) in [5.74, 6) is -2.58. The van der Waals surface area contributed by atoms with Crippen LogP contribution in [0.5, 0.6) is 0 Å². The maximum atomic E-state index is 11.7. The van der Waals surface area contributed by atoms with E-state index < -0.39 is 30.0 Å². The van der Waals surface area contributed by atoms with Crippen LogP contribution >= 0.6 is 0 Å². The van der Waals surface area contributed by atoms with Crippen molar-refractivity contribution in [2.75, 3.05) is 0 Å². The molecule has 0 aliphatic rings. The van der Waals surface area contributed by atoms with Crippen LogP contribution in [0, 0.1) is 0 Å². The SMILES string of the molecule is C=CC(CCC(=O)O)(NC(=O)OCc1ccccc1)C(=O)O. The minimum absolute atomic E-state index is 0.0293. The number of benzene rings is 1. The molecule has 1 amide bonds. The number of carbonyl (C=O) groups excluding carboxylic acids is 1. The third-order valence-corrected chi connectivity index (χ3v) is 3.00. The number of carboxylic acid groups (broad SMARTS) is 2. The lowest BCUT2D eigenvalue weighted by atomic mass is 9.93. The van der Waals surface area contributed by atoms with Crippen LogP contribution in [0.15, 0.2) is 43.0 Å². The van der Waals surface area contributed by atoms with Gasteiger partial charge in [0.1, 0.15) is 6.61 Å². The fourth-order valence-electron chi connectivity index (χ4n) is 1.71. The zero-order chi connectivity index (χ0) is 16.6. The second kappa shape index (κ2) is 7.82. The van der Waals surface area contributed by atoms with E-state index in [0.29, 0.717) is 0 Å². The molecule has 1 aromatic carbocycles. The molecule has 0 spiro atoms. The Hall–Kier alpha value is -2.83. The molecule has 1 rings (SSSR count). The van der Waals surface area contributed by atoms with Crippen LogP contribution in [0.2, 0.25) is 0 Å². The molecule has 1 unspecified atom stereocenters. The largest absolute Gasteiger partial charge is 0.481 e. The first-order valence-electron chi connectivity index (χ1n) is 6.47. The molecule has 0 fully saturated rings. The van der Waals surface area contributed by atoms with E-state index in [0.717, 1.165) is 11.6 Å². The number of carbonyl (C=O) groups is 3. The normalized spacial score (nSPS) is 12.7. The average molecular weight is 307 g/mol. The lowest BCUT2D eigenvalue weighted by molar-refractivity contribution is -0.143. The van der Waals surface area contributed by atoms with Crippen molar-refractivity contribution in [1.82, 2.24) is 5.32 Å². The van der Waals surface area contributed by atoms with E-state index in [-0.39, 0.29) is 13.0 Å². The lowest BCUT2D eigenvalue weighted by Gasteiger charge is -2.26. The van der Waals surface area contributed by atoms with Gasteiger partial charge in [-0.25, -0.2) is 9.59 Å². The molecule has 0 saturated heterocycles. The summed E-state index contributed by atoms with van der Waals surface area (Å²) >= 11 is 0. The van der Waals surface area contributed by atoms with E-state index >= 15 is 0 Å². The van der Waals surface area contributed by atoms with Gasteiger partial charge in [-0.05, 0) is 12.0 Å². The second-order valence-corrected chi connectivity index (χ2v) is 4.56. The van der Waals surface area contributed by atoms with Crippen molar-refractivity contribution >= 4 is 18.0 Å². The zero-order valence-corrected chi connectivity index (χ0v) is 11.8. The highest BCUT2D eigenvalue weighted by Crippen LogP contribution is 2.16. The Labute approximate surface area is 127 Å². The number of hydrogen-bond donors (Lipinski definition) is 3. The third kappa shape index (κ3) is 4.93. The number of hydrogen-bond acceptors (Lipinski definition) is 4. The topological polar surface area (TPSA) is 113 Å². The van der Waals surface area contributed by atoms with Crippen LogP contribution in [0.25, 0.3) is 0 Å². The molecule has 0 aromatic heterocycles. The summed E-state index contributed by atoms with van der Waals surface area (Å²) in [5, 5.41) is 20.1. The highest BCUT2D eigenvalue weighted by molar-refractivity contribution is 5.87. The van der Waals surface area contributed by atoms with Crippen molar-refractivity contribution in [3.63, 3.8) is 0 Å². The highest BCUT2D eigenvalue weighted by Gasteiger charge is 2.38. The molecule has 7 heteroatoms. The van der Waals surface area contributed by atoms with Crippen LogP contribution in [-0.2, 0) is 20.9 Å². The first kappa shape index (κ1) is 17.2. The number of carboxylic acids is 2. The number of nitrogens with one attached hydrogen (secondary N) is 1. The molecule has 0 aliphatic carbocycles. The molecule has 0 saturated carbocycles. The Morgan fingerprint density at radius 2 is 1.86 bits per heavy atom. The Morgan fingerprint density at radius 3 is 2.36 bits per heavy atom. The highest BCUT2D eigenvalue weighted by atomic mass is 16.5. The number of rotatable bonds is 8. The van der Waals surface area contributed by atoms with Gasteiger partial charge in [-0.2, -0.15) is 0 Å². The Kier molecular flexibility index (Phi) is 6.12. The van der Waals surface area contributed by atoms with Gasteiger partial charge in [-0.15, -0.1) is 6.58 Å². The van der Waals surface area contributed by atoms with Crippen molar-refractivity contribution < 1.29 is 29.3 Å². The molecule has 7 nitrogen and oxygen atoms in total. The van der Waals surface area contributed by atoms with E-state index in [9.17, 15) is 19.5 Å². The summed E-state index contributed by atoms with van der Waals surface area (Å²) < 4.78 is 4.93. The van der Waals surface area contributed by atoms with Crippen LogP contribution in [0.4, 0.5) is 4.79 Å². The van der Waals surface area contributed by atoms with E-state index in [2.05, 4.69) is 11.9 Å². The van der Waals surface area contributed by atoms with E-state index in [1.54, 1.807) is 24.3 Å². The maximum Gasteiger partial charge on any atom is 0.408 e. The number of ether oxygens (including phenoxy) is 1. The summed E-state index contributed by atoms with van der Waals surface area (Å²) in [5.41, 5.74) is -1.14. The molecule has 1 aromatic rings. The summed E-state index contributed by atoms with van der Waals surface area (Å²) in [7, 11) is 0. The van der Waals surface area contributed by atoms with Gasteiger partial charge in [0, 0.05) is 6.42 Å². The second-order valence-electron chi connectivity index (χ2n) is 4.56. The van der Waals surface area contributed by atoms with Crippen LogP contribution in [-0.4, -0.2) is 33.8 Å². The fraction of sp³-hybridized carbons (Fsp3) is 0.267. The summed E-state index contributed by atoms with van der Waals surface area (Å²) in [6, 6.07) is 8.84.